The van der Waals surface area contributed by atoms with Crippen molar-refractivity contribution in [3.05, 3.63) is 34.9 Å². The molecule has 0 heterocycles. The number of aryl methyl sites for hydroxylation is 2. The fraction of sp³-hybridized carbons (Fsp3) is 0.688. The maximum Gasteiger partial charge on any atom is 0.408 e. The van der Waals surface area contributed by atoms with Crippen LogP contribution in [0.25, 0.3) is 0 Å². The quantitative estimate of drug-likeness (QED) is 0.208. The topological polar surface area (TPSA) is 131 Å². The molecule has 3 atom stereocenters. The lowest BCUT2D eigenvalue weighted by atomic mass is 9.95. The number of nitrogens with zero attached hydrogens (tertiary/aromatic N) is 1. The minimum absolute atomic E-state index is 0.0904. The highest BCUT2D eigenvalue weighted by atomic mass is 16.6. The first-order chi connectivity index (χ1) is 19.2. The number of hydrogen-bond acceptors (Lipinski definition) is 5. The molecule has 0 bridgehead atoms. The molecule has 0 aromatic heterocycles. The molecule has 9 heteroatoms. The van der Waals surface area contributed by atoms with Gasteiger partial charge in [0.25, 0.3) is 0 Å². The maximum absolute atomic E-state index is 14.2. The Kier molecular flexibility index (Phi) is 15.5. The van der Waals surface area contributed by atoms with Gasteiger partial charge in [0.2, 0.25) is 17.7 Å². The maximum atomic E-state index is 14.2. The molecular formula is C32H54N4O5. The Morgan fingerprint density at radius 2 is 1.59 bits per heavy atom. The van der Waals surface area contributed by atoms with Crippen LogP contribution in [0, 0.1) is 13.8 Å². The van der Waals surface area contributed by atoms with Crippen LogP contribution in [0.1, 0.15) is 122 Å². The lowest BCUT2D eigenvalue weighted by Gasteiger charge is -2.35. The van der Waals surface area contributed by atoms with Crippen molar-refractivity contribution in [2.75, 3.05) is 6.54 Å². The van der Waals surface area contributed by atoms with E-state index in [-0.39, 0.29) is 18.5 Å². The molecule has 1 aromatic rings. The average Bonchev–Trinajstić information content (AvgIpc) is 2.85. The SMILES string of the molecule is CCCCCCCCN(C(=O)C(CC(N)=O)NC(=O)OC(C)(C)C)C(C(=O)NC(C)CCC)c1cc(C)ccc1C. The lowest BCUT2D eigenvalue weighted by molar-refractivity contribution is -0.143. The third-order valence-corrected chi connectivity index (χ3v) is 6.83. The van der Waals surface area contributed by atoms with Gasteiger partial charge >= 0.3 is 6.09 Å². The Balaban J connectivity index is 3.56. The zero-order chi connectivity index (χ0) is 31.2. The number of carbonyl (C=O) groups excluding carboxylic acids is 4. The van der Waals surface area contributed by atoms with E-state index < -0.39 is 42.0 Å². The van der Waals surface area contributed by atoms with Crippen molar-refractivity contribution in [3.8, 4) is 0 Å². The summed E-state index contributed by atoms with van der Waals surface area (Å²) in [6.45, 7) is 15.4. The highest BCUT2D eigenvalue weighted by Crippen LogP contribution is 2.28. The van der Waals surface area contributed by atoms with E-state index in [1.807, 2.05) is 39.0 Å². The van der Waals surface area contributed by atoms with Gasteiger partial charge in [-0.15, -0.1) is 0 Å². The van der Waals surface area contributed by atoms with Gasteiger partial charge in [-0.05, 0) is 65.5 Å². The predicted molar refractivity (Wildman–Crippen MR) is 163 cm³/mol. The Morgan fingerprint density at radius 3 is 2.17 bits per heavy atom. The molecule has 0 radical (unpaired) electrons. The lowest BCUT2D eigenvalue weighted by Crippen LogP contribution is -2.54. The highest BCUT2D eigenvalue weighted by Gasteiger charge is 2.37. The van der Waals surface area contributed by atoms with Gasteiger partial charge < -0.3 is 26.0 Å². The number of benzene rings is 1. The summed E-state index contributed by atoms with van der Waals surface area (Å²) >= 11 is 0. The third kappa shape index (κ3) is 13.4. The molecule has 0 saturated carbocycles. The van der Waals surface area contributed by atoms with Crippen molar-refractivity contribution < 1.29 is 23.9 Å². The summed E-state index contributed by atoms with van der Waals surface area (Å²) in [6.07, 6.45) is 6.39. The van der Waals surface area contributed by atoms with Gasteiger partial charge in [0.15, 0.2) is 0 Å². The van der Waals surface area contributed by atoms with Crippen LogP contribution < -0.4 is 16.4 Å². The Bertz CT molecular complexity index is 1000. The number of primary amides is 1. The van der Waals surface area contributed by atoms with Crippen LogP contribution >= 0.6 is 0 Å². The number of ether oxygens (including phenoxy) is 1. The Labute approximate surface area is 247 Å². The van der Waals surface area contributed by atoms with Gasteiger partial charge in [-0.1, -0.05) is 76.1 Å². The molecule has 232 valence electrons. The van der Waals surface area contributed by atoms with E-state index in [1.54, 1.807) is 20.8 Å². The molecule has 0 aliphatic carbocycles. The van der Waals surface area contributed by atoms with E-state index in [4.69, 9.17) is 10.5 Å². The minimum Gasteiger partial charge on any atom is -0.444 e. The second kappa shape index (κ2) is 17.7. The van der Waals surface area contributed by atoms with Crippen LogP contribution in [0.2, 0.25) is 0 Å². The molecule has 0 aliphatic heterocycles. The van der Waals surface area contributed by atoms with Gasteiger partial charge in [0, 0.05) is 12.6 Å². The van der Waals surface area contributed by atoms with Gasteiger partial charge in [-0.2, -0.15) is 0 Å². The van der Waals surface area contributed by atoms with Gasteiger partial charge in [-0.3, -0.25) is 14.4 Å². The fourth-order valence-electron chi connectivity index (χ4n) is 4.81. The Hall–Kier alpha value is -3.10. The molecule has 0 saturated heterocycles. The van der Waals surface area contributed by atoms with Crippen LogP contribution in [-0.4, -0.2) is 52.9 Å². The second-order valence-corrected chi connectivity index (χ2v) is 12.1. The molecule has 4 amide bonds. The average molecular weight is 575 g/mol. The fourth-order valence-corrected chi connectivity index (χ4v) is 4.81. The van der Waals surface area contributed by atoms with Gasteiger partial charge in [0.05, 0.1) is 6.42 Å². The standard InChI is InChI=1S/C32H54N4O5/c1-9-11-12-13-14-15-19-36(30(39)26(21-27(33)37)35-31(40)41-32(6,7)8)28(29(38)34-24(5)16-10-2)25-20-22(3)17-18-23(25)4/h17-18,20,24,26,28H,9-16,19,21H2,1-8H3,(H2,33,37)(H,34,38)(H,35,40). The summed E-state index contributed by atoms with van der Waals surface area (Å²) in [7, 11) is 0. The van der Waals surface area contributed by atoms with Crippen LogP contribution in [0.4, 0.5) is 4.79 Å². The zero-order valence-electron chi connectivity index (χ0n) is 26.6. The summed E-state index contributed by atoms with van der Waals surface area (Å²) in [5, 5.41) is 5.65. The van der Waals surface area contributed by atoms with E-state index in [0.29, 0.717) is 12.0 Å². The minimum atomic E-state index is -1.28. The summed E-state index contributed by atoms with van der Waals surface area (Å²) in [4.78, 5) is 54.4. The number of nitrogens with one attached hydrogen (secondary N) is 2. The van der Waals surface area contributed by atoms with E-state index in [1.165, 1.54) is 4.90 Å². The van der Waals surface area contributed by atoms with E-state index in [2.05, 4.69) is 24.5 Å². The van der Waals surface area contributed by atoms with Crippen molar-refractivity contribution in [2.45, 2.75) is 137 Å². The molecule has 3 unspecified atom stereocenters. The molecule has 0 spiro atoms. The van der Waals surface area contributed by atoms with E-state index in [9.17, 15) is 19.2 Å². The van der Waals surface area contributed by atoms with Crippen LogP contribution in [0.15, 0.2) is 18.2 Å². The summed E-state index contributed by atoms with van der Waals surface area (Å²) in [5.41, 5.74) is 7.24. The van der Waals surface area contributed by atoms with Crippen molar-refractivity contribution in [2.24, 2.45) is 5.73 Å². The number of carbonyl (C=O) groups is 4. The van der Waals surface area contributed by atoms with Gasteiger partial charge in [0.1, 0.15) is 17.7 Å². The molecular weight excluding hydrogens is 520 g/mol. The first kappa shape index (κ1) is 35.9. The number of hydrogen-bond donors (Lipinski definition) is 3. The molecule has 0 fully saturated rings. The highest BCUT2D eigenvalue weighted by molar-refractivity contribution is 5.94. The number of unbranched alkanes of at least 4 members (excludes halogenated alkanes) is 5. The number of rotatable bonds is 17. The third-order valence-electron chi connectivity index (χ3n) is 6.83. The van der Waals surface area contributed by atoms with E-state index >= 15 is 0 Å². The molecule has 1 aromatic carbocycles. The monoisotopic (exact) mass is 574 g/mol. The number of amides is 4. The number of alkyl carbamates (subject to hydrolysis) is 1. The molecule has 1 rings (SSSR count). The number of nitrogens with two attached hydrogens (primary N) is 1. The molecule has 9 nitrogen and oxygen atoms in total. The molecule has 4 N–H and O–H groups in total. The van der Waals surface area contributed by atoms with Crippen molar-refractivity contribution >= 4 is 23.8 Å². The predicted octanol–water partition coefficient (Wildman–Crippen LogP) is 5.61. The smallest absolute Gasteiger partial charge is 0.408 e. The van der Waals surface area contributed by atoms with Crippen molar-refractivity contribution in [3.63, 3.8) is 0 Å². The largest absolute Gasteiger partial charge is 0.444 e. The van der Waals surface area contributed by atoms with Crippen molar-refractivity contribution in [1.82, 2.24) is 15.5 Å². The first-order valence-corrected chi connectivity index (χ1v) is 15.2. The zero-order valence-corrected chi connectivity index (χ0v) is 26.6. The Morgan fingerprint density at radius 1 is 0.951 bits per heavy atom. The van der Waals surface area contributed by atoms with E-state index in [0.717, 1.165) is 56.1 Å². The van der Waals surface area contributed by atoms with Gasteiger partial charge in [-0.25, -0.2) is 4.79 Å². The first-order valence-electron chi connectivity index (χ1n) is 15.2. The summed E-state index contributed by atoms with van der Waals surface area (Å²) < 4.78 is 5.37. The summed E-state index contributed by atoms with van der Waals surface area (Å²) in [6, 6.07) is 3.51. The molecule has 0 aliphatic rings. The second-order valence-electron chi connectivity index (χ2n) is 12.1. The molecule has 41 heavy (non-hydrogen) atoms. The summed E-state index contributed by atoms with van der Waals surface area (Å²) in [5.74, 6) is -1.59. The van der Waals surface area contributed by atoms with Crippen LogP contribution in [-0.2, 0) is 19.1 Å². The van der Waals surface area contributed by atoms with Crippen LogP contribution in [0.3, 0.4) is 0 Å². The van der Waals surface area contributed by atoms with Crippen LogP contribution in [0.5, 0.6) is 0 Å². The van der Waals surface area contributed by atoms with Crippen molar-refractivity contribution in [1.29, 1.82) is 0 Å². The normalized spacial score (nSPS) is 13.6.